The lowest BCUT2D eigenvalue weighted by Crippen LogP contribution is -2.43. The highest BCUT2D eigenvalue weighted by atomic mass is 16.2. The zero-order valence-corrected chi connectivity index (χ0v) is 12.7. The number of hydrogen-bond acceptors (Lipinski definition) is 2. The predicted molar refractivity (Wildman–Crippen MR) is 83.8 cm³/mol. The maximum atomic E-state index is 12.8. The van der Waals surface area contributed by atoms with E-state index >= 15 is 0 Å². The molecule has 0 spiro atoms. The van der Waals surface area contributed by atoms with E-state index in [0.717, 1.165) is 24.0 Å². The van der Waals surface area contributed by atoms with Crippen molar-refractivity contribution in [3.8, 4) is 11.3 Å². The maximum absolute atomic E-state index is 12.8. The molecule has 0 saturated carbocycles. The summed E-state index contributed by atoms with van der Waals surface area (Å²) < 4.78 is 1.33. The van der Waals surface area contributed by atoms with Crippen LogP contribution in [0, 0.1) is 0 Å². The summed E-state index contributed by atoms with van der Waals surface area (Å²) in [7, 11) is 0. The Morgan fingerprint density at radius 2 is 1.95 bits per heavy atom. The highest BCUT2D eigenvalue weighted by Crippen LogP contribution is 2.39. The van der Waals surface area contributed by atoms with Gasteiger partial charge >= 0.3 is 5.69 Å². The Kier molecular flexibility index (Phi) is 3.12. The molecule has 2 aromatic rings. The summed E-state index contributed by atoms with van der Waals surface area (Å²) in [6.07, 6.45) is 1.57. The van der Waals surface area contributed by atoms with Crippen molar-refractivity contribution in [1.82, 2.24) is 9.55 Å². The van der Waals surface area contributed by atoms with Crippen LogP contribution >= 0.6 is 0 Å². The summed E-state index contributed by atoms with van der Waals surface area (Å²) in [5.41, 5.74) is 2.85. The summed E-state index contributed by atoms with van der Waals surface area (Å²) in [5, 5.41) is 0. The van der Waals surface area contributed by atoms with Crippen molar-refractivity contribution in [1.29, 1.82) is 0 Å². The van der Waals surface area contributed by atoms with Gasteiger partial charge in [0.1, 0.15) is 0 Å². The van der Waals surface area contributed by atoms with E-state index in [1.54, 1.807) is 0 Å². The van der Waals surface area contributed by atoms with Gasteiger partial charge in [0, 0.05) is 23.1 Å². The highest BCUT2D eigenvalue weighted by Gasteiger charge is 2.35. The fourth-order valence-electron chi connectivity index (χ4n) is 3.31. The topological polar surface area (TPSA) is 54.9 Å². The van der Waals surface area contributed by atoms with Crippen molar-refractivity contribution < 1.29 is 0 Å². The summed E-state index contributed by atoms with van der Waals surface area (Å²) in [6, 6.07) is 7.98. The van der Waals surface area contributed by atoms with Gasteiger partial charge in [0.15, 0.2) is 0 Å². The summed E-state index contributed by atoms with van der Waals surface area (Å²) in [5.74, 6) is 0. The molecule has 0 radical (unpaired) electrons. The standard InChI is InChI=1S/C17H20N2O2/c1-4-9-19-15(20)13-14(18-16(19)21)12-8-6-5-7-11(12)10-17(13,2)3/h5-8H,4,9-10H2,1-3H3,(H,18,21). The van der Waals surface area contributed by atoms with Gasteiger partial charge < -0.3 is 4.98 Å². The molecule has 0 bridgehead atoms. The van der Waals surface area contributed by atoms with Crippen LogP contribution in [0.2, 0.25) is 0 Å². The molecule has 1 heterocycles. The predicted octanol–water partition coefficient (Wildman–Crippen LogP) is 2.45. The third-order valence-electron chi connectivity index (χ3n) is 4.23. The van der Waals surface area contributed by atoms with E-state index in [9.17, 15) is 9.59 Å². The molecule has 110 valence electrons. The molecule has 1 aliphatic rings. The molecule has 3 rings (SSSR count). The Morgan fingerprint density at radius 1 is 1.24 bits per heavy atom. The number of aromatic nitrogens is 2. The van der Waals surface area contributed by atoms with E-state index in [0.29, 0.717) is 12.2 Å². The van der Waals surface area contributed by atoms with Gasteiger partial charge in [-0.05, 0) is 18.4 Å². The molecule has 0 atom stereocenters. The molecule has 0 saturated heterocycles. The molecule has 1 aromatic carbocycles. The molecule has 0 amide bonds. The number of aromatic amines is 1. The van der Waals surface area contributed by atoms with E-state index in [2.05, 4.69) is 24.9 Å². The summed E-state index contributed by atoms with van der Waals surface area (Å²) in [4.78, 5) is 28.0. The third-order valence-corrected chi connectivity index (χ3v) is 4.23. The molecule has 0 fully saturated rings. The second kappa shape index (κ2) is 4.72. The van der Waals surface area contributed by atoms with E-state index in [4.69, 9.17) is 0 Å². The van der Waals surface area contributed by atoms with Crippen LogP contribution in [0.3, 0.4) is 0 Å². The number of nitrogens with zero attached hydrogens (tertiary/aromatic N) is 1. The average molecular weight is 284 g/mol. The van der Waals surface area contributed by atoms with Gasteiger partial charge in [0.25, 0.3) is 5.56 Å². The lowest BCUT2D eigenvalue weighted by Gasteiger charge is -2.33. The second-order valence-corrected chi connectivity index (χ2v) is 6.35. The van der Waals surface area contributed by atoms with Crippen LogP contribution in [0.5, 0.6) is 0 Å². The summed E-state index contributed by atoms with van der Waals surface area (Å²) >= 11 is 0. The minimum absolute atomic E-state index is 0.143. The van der Waals surface area contributed by atoms with Gasteiger partial charge in [-0.25, -0.2) is 4.79 Å². The van der Waals surface area contributed by atoms with Crippen molar-refractivity contribution in [2.24, 2.45) is 0 Å². The Morgan fingerprint density at radius 3 is 2.67 bits per heavy atom. The monoisotopic (exact) mass is 284 g/mol. The molecule has 21 heavy (non-hydrogen) atoms. The number of hydrogen-bond donors (Lipinski definition) is 1. The first-order valence-corrected chi connectivity index (χ1v) is 7.41. The van der Waals surface area contributed by atoms with E-state index in [-0.39, 0.29) is 16.7 Å². The Balaban J connectivity index is 2.40. The van der Waals surface area contributed by atoms with Gasteiger partial charge in [-0.1, -0.05) is 45.0 Å². The van der Waals surface area contributed by atoms with Crippen LogP contribution in [-0.2, 0) is 18.4 Å². The average Bonchev–Trinajstić information content (AvgIpc) is 2.42. The van der Waals surface area contributed by atoms with Crippen LogP contribution < -0.4 is 11.2 Å². The zero-order valence-electron chi connectivity index (χ0n) is 12.7. The van der Waals surface area contributed by atoms with Crippen LogP contribution in [-0.4, -0.2) is 9.55 Å². The van der Waals surface area contributed by atoms with Crippen LogP contribution in [0.1, 0.15) is 38.3 Å². The quantitative estimate of drug-likeness (QED) is 0.921. The van der Waals surface area contributed by atoms with Crippen molar-refractivity contribution in [2.45, 2.75) is 45.6 Å². The van der Waals surface area contributed by atoms with E-state index in [1.807, 2.05) is 25.1 Å². The molecule has 4 heteroatoms. The first kappa shape index (κ1) is 13.9. The molecule has 0 aliphatic heterocycles. The normalized spacial score (nSPS) is 15.4. The fourth-order valence-corrected chi connectivity index (χ4v) is 3.31. The maximum Gasteiger partial charge on any atom is 0.328 e. The second-order valence-electron chi connectivity index (χ2n) is 6.35. The largest absolute Gasteiger partial charge is 0.328 e. The molecule has 1 aromatic heterocycles. The van der Waals surface area contributed by atoms with Crippen molar-refractivity contribution in [2.75, 3.05) is 0 Å². The Labute approximate surface area is 123 Å². The smallest absolute Gasteiger partial charge is 0.306 e. The number of H-pyrrole nitrogens is 1. The molecular weight excluding hydrogens is 264 g/mol. The van der Waals surface area contributed by atoms with E-state index < -0.39 is 0 Å². The van der Waals surface area contributed by atoms with Gasteiger partial charge in [-0.2, -0.15) is 0 Å². The zero-order chi connectivity index (χ0) is 15.2. The third kappa shape index (κ3) is 2.06. The molecule has 1 N–H and O–H groups in total. The summed E-state index contributed by atoms with van der Waals surface area (Å²) in [6.45, 7) is 6.56. The van der Waals surface area contributed by atoms with Crippen LogP contribution in [0.15, 0.2) is 33.9 Å². The molecule has 1 aliphatic carbocycles. The van der Waals surface area contributed by atoms with Crippen molar-refractivity contribution in [3.63, 3.8) is 0 Å². The lowest BCUT2D eigenvalue weighted by molar-refractivity contribution is 0.489. The van der Waals surface area contributed by atoms with Crippen molar-refractivity contribution >= 4 is 0 Å². The minimum atomic E-state index is -0.312. The number of fused-ring (bicyclic) bond motifs is 3. The molecule has 0 unspecified atom stereocenters. The van der Waals surface area contributed by atoms with Crippen LogP contribution in [0.4, 0.5) is 0 Å². The Bertz CT molecular complexity index is 812. The first-order chi connectivity index (χ1) is 9.95. The molecule has 4 nitrogen and oxygen atoms in total. The van der Waals surface area contributed by atoms with Crippen LogP contribution in [0.25, 0.3) is 11.3 Å². The number of benzene rings is 1. The number of rotatable bonds is 2. The van der Waals surface area contributed by atoms with Gasteiger partial charge in [0.05, 0.1) is 5.69 Å². The molecular formula is C17H20N2O2. The SMILES string of the molecule is CCCn1c(=O)[nH]c2c(c1=O)C(C)(C)Cc1ccccc1-2. The number of nitrogens with one attached hydrogen (secondary N) is 1. The van der Waals surface area contributed by atoms with Crippen molar-refractivity contribution in [3.05, 3.63) is 56.2 Å². The van der Waals surface area contributed by atoms with Gasteiger partial charge in [-0.15, -0.1) is 0 Å². The first-order valence-electron chi connectivity index (χ1n) is 7.41. The fraction of sp³-hybridized carbons (Fsp3) is 0.412. The Hall–Kier alpha value is -2.10. The highest BCUT2D eigenvalue weighted by molar-refractivity contribution is 5.71. The van der Waals surface area contributed by atoms with Gasteiger partial charge in [0.2, 0.25) is 0 Å². The van der Waals surface area contributed by atoms with Gasteiger partial charge in [-0.3, -0.25) is 9.36 Å². The minimum Gasteiger partial charge on any atom is -0.306 e. The van der Waals surface area contributed by atoms with E-state index in [1.165, 1.54) is 10.1 Å². The lowest BCUT2D eigenvalue weighted by atomic mass is 9.72.